The third-order valence-corrected chi connectivity index (χ3v) is 3.50. The van der Waals surface area contributed by atoms with Crippen molar-refractivity contribution in [3.05, 3.63) is 23.0 Å². The molecule has 0 spiro atoms. The number of halogens is 1. The van der Waals surface area contributed by atoms with E-state index in [1.807, 2.05) is 0 Å². The molecule has 0 atom stereocenters. The summed E-state index contributed by atoms with van der Waals surface area (Å²) >= 11 is 0. The van der Waals surface area contributed by atoms with E-state index >= 15 is 0 Å². The molecule has 1 aromatic carbocycles. The van der Waals surface area contributed by atoms with Crippen molar-refractivity contribution < 1.29 is 24.1 Å². The van der Waals surface area contributed by atoms with Crippen LogP contribution in [-0.2, 0) is 10.2 Å². The molecule has 4 nitrogen and oxygen atoms in total. The number of carboxylic acid groups (broad SMARTS) is 1. The number of aromatic hydroxyl groups is 1. The number of ether oxygens (including phenoxy) is 1. The van der Waals surface area contributed by atoms with Crippen LogP contribution in [0.4, 0.5) is 4.39 Å². The Morgan fingerprint density at radius 1 is 1.56 bits per heavy atom. The Kier molecular flexibility index (Phi) is 2.92. The molecule has 0 saturated heterocycles. The molecule has 2 rings (SSSR count). The Morgan fingerprint density at radius 3 is 2.61 bits per heavy atom. The van der Waals surface area contributed by atoms with E-state index in [0.29, 0.717) is 24.0 Å². The first-order valence-corrected chi connectivity index (χ1v) is 5.69. The van der Waals surface area contributed by atoms with Gasteiger partial charge in [-0.25, -0.2) is 4.39 Å². The summed E-state index contributed by atoms with van der Waals surface area (Å²) < 4.78 is 19.1. The first kappa shape index (κ1) is 12.7. The van der Waals surface area contributed by atoms with Crippen LogP contribution in [0.3, 0.4) is 0 Å². The van der Waals surface area contributed by atoms with Gasteiger partial charge in [-0.3, -0.25) is 4.79 Å². The normalized spacial score (nSPS) is 16.4. The zero-order valence-corrected chi connectivity index (χ0v) is 10.3. The van der Waals surface area contributed by atoms with Crippen LogP contribution in [0.1, 0.15) is 30.4 Å². The third-order valence-electron chi connectivity index (χ3n) is 3.50. The second-order valence-corrected chi connectivity index (χ2v) is 4.79. The second kappa shape index (κ2) is 4.15. The molecule has 18 heavy (non-hydrogen) atoms. The number of benzene rings is 1. The largest absolute Gasteiger partial charge is 0.504 e. The number of rotatable bonds is 4. The van der Waals surface area contributed by atoms with Gasteiger partial charge in [0.1, 0.15) is 0 Å². The van der Waals surface area contributed by atoms with Gasteiger partial charge < -0.3 is 14.9 Å². The molecule has 0 bridgehead atoms. The van der Waals surface area contributed by atoms with Crippen LogP contribution in [0.2, 0.25) is 0 Å². The summed E-state index contributed by atoms with van der Waals surface area (Å²) in [4.78, 5) is 10.8. The fourth-order valence-electron chi connectivity index (χ4n) is 2.31. The predicted molar refractivity (Wildman–Crippen MR) is 62.5 cm³/mol. The molecule has 1 saturated carbocycles. The number of hydrogen-bond donors (Lipinski definition) is 2. The first-order chi connectivity index (χ1) is 8.41. The highest BCUT2D eigenvalue weighted by Gasteiger charge is 2.48. The van der Waals surface area contributed by atoms with Crippen LogP contribution in [0, 0.1) is 12.7 Å². The topological polar surface area (TPSA) is 66.8 Å². The highest BCUT2D eigenvalue weighted by molar-refractivity contribution is 5.70. The maximum absolute atomic E-state index is 14.2. The van der Waals surface area contributed by atoms with Crippen LogP contribution >= 0.6 is 0 Å². The summed E-state index contributed by atoms with van der Waals surface area (Å²) in [5, 5.41) is 18.6. The van der Waals surface area contributed by atoms with E-state index in [1.165, 1.54) is 13.2 Å². The van der Waals surface area contributed by atoms with Crippen LogP contribution in [-0.4, -0.2) is 23.3 Å². The lowest BCUT2D eigenvalue weighted by Gasteiger charge is -2.18. The Hall–Kier alpha value is -1.78. The lowest BCUT2D eigenvalue weighted by atomic mass is 9.90. The highest BCUT2D eigenvalue weighted by Crippen LogP contribution is 2.54. The molecule has 0 unspecified atom stereocenters. The number of carboxylic acids is 1. The number of phenols is 1. The van der Waals surface area contributed by atoms with Gasteiger partial charge in [0.05, 0.1) is 13.5 Å². The molecule has 0 aliphatic heterocycles. The number of phenolic OH excluding ortho intramolecular Hbond substituents is 1. The molecule has 98 valence electrons. The molecule has 1 aliphatic carbocycles. The van der Waals surface area contributed by atoms with Gasteiger partial charge >= 0.3 is 5.97 Å². The Balaban J connectivity index is 2.52. The maximum Gasteiger partial charge on any atom is 0.304 e. The molecule has 0 radical (unpaired) electrons. The van der Waals surface area contributed by atoms with Crippen molar-refractivity contribution in [1.29, 1.82) is 0 Å². The van der Waals surface area contributed by atoms with Gasteiger partial charge in [-0.1, -0.05) is 0 Å². The van der Waals surface area contributed by atoms with Gasteiger partial charge in [0.25, 0.3) is 0 Å². The minimum atomic E-state index is -0.948. The Morgan fingerprint density at radius 2 is 2.17 bits per heavy atom. The summed E-state index contributed by atoms with van der Waals surface area (Å²) in [7, 11) is 1.28. The maximum atomic E-state index is 14.2. The lowest BCUT2D eigenvalue weighted by Crippen LogP contribution is -2.15. The first-order valence-electron chi connectivity index (χ1n) is 5.69. The van der Waals surface area contributed by atoms with Gasteiger partial charge in [-0.15, -0.1) is 0 Å². The quantitative estimate of drug-likeness (QED) is 0.865. The molecule has 1 aromatic rings. The van der Waals surface area contributed by atoms with Crippen molar-refractivity contribution in [2.45, 2.75) is 31.6 Å². The Labute approximate surface area is 104 Å². The van der Waals surface area contributed by atoms with Gasteiger partial charge in [0, 0.05) is 5.41 Å². The van der Waals surface area contributed by atoms with E-state index in [2.05, 4.69) is 0 Å². The van der Waals surface area contributed by atoms with E-state index in [1.54, 1.807) is 6.92 Å². The second-order valence-electron chi connectivity index (χ2n) is 4.79. The summed E-state index contributed by atoms with van der Waals surface area (Å²) in [5.41, 5.74) is 0.179. The minimum Gasteiger partial charge on any atom is -0.504 e. The fourth-order valence-corrected chi connectivity index (χ4v) is 2.31. The molecule has 1 aliphatic rings. The van der Waals surface area contributed by atoms with Crippen LogP contribution in [0.25, 0.3) is 0 Å². The molecule has 0 heterocycles. The van der Waals surface area contributed by atoms with E-state index in [4.69, 9.17) is 9.84 Å². The predicted octanol–water partition coefficient (Wildman–Crippen LogP) is 2.35. The molecule has 0 amide bonds. The SMILES string of the molecule is COc1c(O)c(C)cc(C2(CC(=O)O)CC2)c1F. The van der Waals surface area contributed by atoms with Crippen LogP contribution in [0.5, 0.6) is 11.5 Å². The number of aliphatic carboxylic acids is 1. The number of methoxy groups -OCH3 is 1. The number of carbonyl (C=O) groups is 1. The highest BCUT2D eigenvalue weighted by atomic mass is 19.1. The summed E-state index contributed by atoms with van der Waals surface area (Å²) in [6.45, 7) is 1.64. The Bertz CT molecular complexity index is 506. The van der Waals surface area contributed by atoms with E-state index in [0.717, 1.165) is 0 Å². The van der Waals surface area contributed by atoms with Crippen molar-refractivity contribution in [3.63, 3.8) is 0 Å². The molecule has 1 fully saturated rings. The fraction of sp³-hybridized carbons (Fsp3) is 0.462. The summed E-state index contributed by atoms with van der Waals surface area (Å²) in [6.07, 6.45) is 1.18. The van der Waals surface area contributed by atoms with E-state index in [-0.39, 0.29) is 17.9 Å². The van der Waals surface area contributed by atoms with Crippen molar-refractivity contribution >= 4 is 5.97 Å². The monoisotopic (exact) mass is 254 g/mol. The van der Waals surface area contributed by atoms with Crippen molar-refractivity contribution in [2.75, 3.05) is 7.11 Å². The average molecular weight is 254 g/mol. The molecular formula is C13H15FO4. The van der Waals surface area contributed by atoms with E-state index in [9.17, 15) is 14.3 Å². The molecular weight excluding hydrogens is 239 g/mol. The summed E-state index contributed by atoms with van der Waals surface area (Å²) in [6, 6.07) is 1.52. The molecule has 0 aromatic heterocycles. The van der Waals surface area contributed by atoms with Crippen LogP contribution in [0.15, 0.2) is 6.07 Å². The minimum absolute atomic E-state index is 0.0999. The zero-order valence-electron chi connectivity index (χ0n) is 10.3. The standard InChI is InChI=1S/C13H15FO4/c1-7-5-8(10(14)12(18-2)11(7)17)13(3-4-13)6-9(15)16/h5,17H,3-4,6H2,1-2H3,(H,15,16). The van der Waals surface area contributed by atoms with Gasteiger partial charge in [-0.2, -0.15) is 0 Å². The van der Waals surface area contributed by atoms with Crippen molar-refractivity contribution in [1.82, 2.24) is 0 Å². The van der Waals surface area contributed by atoms with Gasteiger partial charge in [-0.05, 0) is 37.0 Å². The van der Waals surface area contributed by atoms with E-state index < -0.39 is 17.2 Å². The summed E-state index contributed by atoms with van der Waals surface area (Å²) in [5.74, 6) is -2.04. The average Bonchev–Trinajstić information content (AvgIpc) is 3.04. The van der Waals surface area contributed by atoms with Crippen LogP contribution < -0.4 is 4.74 Å². The molecule has 5 heteroatoms. The number of hydrogen-bond acceptors (Lipinski definition) is 3. The van der Waals surface area contributed by atoms with Gasteiger partial charge in [0.15, 0.2) is 17.3 Å². The zero-order chi connectivity index (χ0) is 13.5. The third kappa shape index (κ3) is 1.89. The lowest BCUT2D eigenvalue weighted by molar-refractivity contribution is -0.137. The van der Waals surface area contributed by atoms with Gasteiger partial charge in [0.2, 0.25) is 0 Å². The number of aryl methyl sites for hydroxylation is 1. The smallest absolute Gasteiger partial charge is 0.304 e. The van der Waals surface area contributed by atoms with Crippen molar-refractivity contribution in [2.24, 2.45) is 0 Å². The van der Waals surface area contributed by atoms with Crippen molar-refractivity contribution in [3.8, 4) is 11.5 Å². The molecule has 2 N–H and O–H groups in total.